The molecule has 18 heavy (non-hydrogen) atoms. The first-order valence-electron chi connectivity index (χ1n) is 6.27. The summed E-state index contributed by atoms with van der Waals surface area (Å²) in [5.41, 5.74) is 8.13. The zero-order valence-corrected chi connectivity index (χ0v) is 11.1. The van der Waals surface area contributed by atoms with Gasteiger partial charge in [0, 0.05) is 12.2 Å². The molecule has 0 aliphatic carbocycles. The van der Waals surface area contributed by atoms with Crippen molar-refractivity contribution in [3.8, 4) is 0 Å². The van der Waals surface area contributed by atoms with E-state index in [4.69, 9.17) is 10.5 Å². The van der Waals surface area contributed by atoms with Crippen LogP contribution in [0.25, 0.3) is 0 Å². The zero-order valence-electron chi connectivity index (χ0n) is 11.1. The number of benzene rings is 1. The van der Waals surface area contributed by atoms with Gasteiger partial charge in [-0.2, -0.15) is 0 Å². The fraction of sp³-hybridized carbons (Fsp3) is 0.500. The van der Waals surface area contributed by atoms with Crippen molar-refractivity contribution in [2.75, 3.05) is 18.9 Å². The molecule has 1 aromatic rings. The molecule has 1 amide bonds. The first kappa shape index (κ1) is 12.9. The maximum atomic E-state index is 12.5. The standard InChI is InChI=1S/C14H20N2O2/c1-9-4-5-12(13(15)6-9)14(17)16-7-11(3)18-8-10(16)2/h4-6,10-11H,7-8,15H2,1-3H3. The van der Waals surface area contributed by atoms with Crippen molar-refractivity contribution in [1.29, 1.82) is 0 Å². The van der Waals surface area contributed by atoms with Gasteiger partial charge in [0.1, 0.15) is 0 Å². The zero-order chi connectivity index (χ0) is 13.3. The first-order valence-corrected chi connectivity index (χ1v) is 6.27. The average molecular weight is 248 g/mol. The van der Waals surface area contributed by atoms with Crippen LogP contribution < -0.4 is 5.73 Å². The third kappa shape index (κ3) is 2.48. The molecule has 1 fully saturated rings. The second-order valence-electron chi connectivity index (χ2n) is 5.04. The summed E-state index contributed by atoms with van der Waals surface area (Å²) in [6.45, 7) is 7.13. The van der Waals surface area contributed by atoms with E-state index in [2.05, 4.69) is 0 Å². The summed E-state index contributed by atoms with van der Waals surface area (Å²) in [6, 6.07) is 5.65. The summed E-state index contributed by atoms with van der Waals surface area (Å²) in [4.78, 5) is 14.3. The molecule has 4 heteroatoms. The van der Waals surface area contributed by atoms with Gasteiger partial charge in [-0.25, -0.2) is 0 Å². The summed E-state index contributed by atoms with van der Waals surface area (Å²) >= 11 is 0. The highest BCUT2D eigenvalue weighted by atomic mass is 16.5. The lowest BCUT2D eigenvalue weighted by Gasteiger charge is -2.37. The van der Waals surface area contributed by atoms with Gasteiger partial charge in [-0.05, 0) is 38.5 Å². The number of nitrogens with zero attached hydrogens (tertiary/aromatic N) is 1. The molecular formula is C14H20N2O2. The predicted octanol–water partition coefficient (Wildman–Crippen LogP) is 1.83. The second kappa shape index (κ2) is 4.98. The van der Waals surface area contributed by atoms with Crippen LogP contribution in [0.1, 0.15) is 29.8 Å². The smallest absolute Gasteiger partial charge is 0.256 e. The van der Waals surface area contributed by atoms with Crippen molar-refractivity contribution in [2.24, 2.45) is 0 Å². The number of amides is 1. The van der Waals surface area contributed by atoms with Crippen molar-refractivity contribution in [2.45, 2.75) is 32.9 Å². The molecule has 2 N–H and O–H groups in total. The number of nitrogen functional groups attached to an aromatic ring is 1. The molecule has 1 aromatic carbocycles. The Morgan fingerprint density at radius 2 is 2.17 bits per heavy atom. The number of aryl methyl sites for hydroxylation is 1. The molecule has 1 saturated heterocycles. The largest absolute Gasteiger partial charge is 0.398 e. The summed E-state index contributed by atoms with van der Waals surface area (Å²) in [5.74, 6) is -0.00449. The van der Waals surface area contributed by atoms with Crippen molar-refractivity contribution >= 4 is 11.6 Å². The molecular weight excluding hydrogens is 228 g/mol. The average Bonchev–Trinajstić information content (AvgIpc) is 2.31. The molecule has 98 valence electrons. The van der Waals surface area contributed by atoms with E-state index in [1.54, 1.807) is 6.07 Å². The monoisotopic (exact) mass is 248 g/mol. The Morgan fingerprint density at radius 1 is 1.44 bits per heavy atom. The summed E-state index contributed by atoms with van der Waals surface area (Å²) in [7, 11) is 0. The van der Waals surface area contributed by atoms with Gasteiger partial charge in [0.05, 0.1) is 24.3 Å². The number of nitrogens with two attached hydrogens (primary N) is 1. The molecule has 2 unspecified atom stereocenters. The number of carbonyl (C=O) groups is 1. The van der Waals surface area contributed by atoms with Gasteiger partial charge in [0.15, 0.2) is 0 Å². The van der Waals surface area contributed by atoms with Crippen LogP contribution in [0.15, 0.2) is 18.2 Å². The highest BCUT2D eigenvalue weighted by molar-refractivity contribution is 5.99. The molecule has 0 radical (unpaired) electrons. The maximum absolute atomic E-state index is 12.5. The van der Waals surface area contributed by atoms with Crippen LogP contribution in [-0.2, 0) is 4.74 Å². The SMILES string of the molecule is Cc1ccc(C(=O)N2CC(C)OCC2C)c(N)c1. The van der Waals surface area contributed by atoms with Crippen LogP contribution in [0.3, 0.4) is 0 Å². The van der Waals surface area contributed by atoms with Gasteiger partial charge >= 0.3 is 0 Å². The summed E-state index contributed by atoms with van der Waals surface area (Å²) < 4.78 is 5.53. The Kier molecular flexibility index (Phi) is 3.57. The summed E-state index contributed by atoms with van der Waals surface area (Å²) in [5, 5.41) is 0. The molecule has 2 rings (SSSR count). The number of morpholine rings is 1. The minimum Gasteiger partial charge on any atom is -0.398 e. The number of carbonyl (C=O) groups excluding carboxylic acids is 1. The highest BCUT2D eigenvalue weighted by Gasteiger charge is 2.28. The van der Waals surface area contributed by atoms with E-state index in [9.17, 15) is 4.79 Å². The van der Waals surface area contributed by atoms with Gasteiger partial charge in [-0.3, -0.25) is 4.79 Å². The quantitative estimate of drug-likeness (QED) is 0.771. The van der Waals surface area contributed by atoms with E-state index in [0.717, 1.165) is 5.56 Å². The lowest BCUT2D eigenvalue weighted by atomic mass is 10.1. The lowest BCUT2D eigenvalue weighted by molar-refractivity contribution is -0.0386. The highest BCUT2D eigenvalue weighted by Crippen LogP contribution is 2.20. The number of hydrogen-bond donors (Lipinski definition) is 1. The van der Waals surface area contributed by atoms with Crippen LogP contribution in [0, 0.1) is 6.92 Å². The Balaban J connectivity index is 2.24. The molecule has 1 aliphatic rings. The van der Waals surface area contributed by atoms with Crippen LogP contribution in [-0.4, -0.2) is 36.1 Å². The van der Waals surface area contributed by atoms with Crippen molar-refractivity contribution in [3.63, 3.8) is 0 Å². The Bertz CT molecular complexity index is 459. The van der Waals surface area contributed by atoms with Gasteiger partial charge in [0.25, 0.3) is 5.91 Å². The molecule has 0 saturated carbocycles. The Morgan fingerprint density at radius 3 is 2.83 bits per heavy atom. The van der Waals surface area contributed by atoms with Crippen molar-refractivity contribution in [1.82, 2.24) is 4.90 Å². The predicted molar refractivity (Wildman–Crippen MR) is 71.5 cm³/mol. The number of hydrogen-bond acceptors (Lipinski definition) is 3. The fourth-order valence-corrected chi connectivity index (χ4v) is 2.22. The third-order valence-corrected chi connectivity index (χ3v) is 3.31. The fourth-order valence-electron chi connectivity index (χ4n) is 2.22. The lowest BCUT2D eigenvalue weighted by Crippen LogP contribution is -2.50. The van der Waals surface area contributed by atoms with Crippen molar-refractivity contribution < 1.29 is 9.53 Å². The Hall–Kier alpha value is -1.55. The molecule has 0 aromatic heterocycles. The van der Waals surface area contributed by atoms with E-state index < -0.39 is 0 Å². The topological polar surface area (TPSA) is 55.6 Å². The normalized spacial score (nSPS) is 24.1. The van der Waals surface area contributed by atoms with Gasteiger partial charge < -0.3 is 15.4 Å². The molecule has 2 atom stereocenters. The van der Waals surface area contributed by atoms with Crippen LogP contribution in [0.4, 0.5) is 5.69 Å². The molecule has 1 aliphatic heterocycles. The van der Waals surface area contributed by atoms with Crippen LogP contribution in [0.5, 0.6) is 0 Å². The van der Waals surface area contributed by atoms with Crippen LogP contribution >= 0.6 is 0 Å². The van der Waals surface area contributed by atoms with Gasteiger partial charge in [-0.15, -0.1) is 0 Å². The number of rotatable bonds is 1. The minimum absolute atomic E-state index is 0.00449. The van der Waals surface area contributed by atoms with Crippen molar-refractivity contribution in [3.05, 3.63) is 29.3 Å². The summed E-state index contributed by atoms with van der Waals surface area (Å²) in [6.07, 6.45) is 0.0804. The van der Waals surface area contributed by atoms with E-state index in [-0.39, 0.29) is 18.1 Å². The van der Waals surface area contributed by atoms with Crippen LogP contribution in [0.2, 0.25) is 0 Å². The van der Waals surface area contributed by atoms with E-state index >= 15 is 0 Å². The number of ether oxygens (including phenoxy) is 1. The van der Waals surface area contributed by atoms with E-state index in [1.165, 1.54) is 0 Å². The molecule has 4 nitrogen and oxygen atoms in total. The first-order chi connectivity index (χ1) is 8.49. The van der Waals surface area contributed by atoms with Gasteiger partial charge in [0.2, 0.25) is 0 Å². The maximum Gasteiger partial charge on any atom is 0.256 e. The van der Waals surface area contributed by atoms with Gasteiger partial charge in [-0.1, -0.05) is 6.07 Å². The van der Waals surface area contributed by atoms with E-state index in [0.29, 0.717) is 24.4 Å². The van der Waals surface area contributed by atoms with E-state index in [1.807, 2.05) is 37.8 Å². The Labute approximate surface area is 108 Å². The molecule has 0 spiro atoms. The minimum atomic E-state index is -0.00449. The number of anilines is 1. The molecule has 1 heterocycles. The third-order valence-electron chi connectivity index (χ3n) is 3.31. The molecule has 0 bridgehead atoms. The second-order valence-corrected chi connectivity index (χ2v) is 5.04.